The second-order valence-corrected chi connectivity index (χ2v) is 5.45. The smallest absolute Gasteiger partial charge is 0.257 e. The number of rotatable bonds is 2. The molecule has 0 unspecified atom stereocenters. The molecule has 0 aliphatic carbocycles. The summed E-state index contributed by atoms with van der Waals surface area (Å²) in [6.07, 6.45) is 1.66. The van der Waals surface area contributed by atoms with Crippen LogP contribution in [0.2, 0.25) is 5.02 Å². The van der Waals surface area contributed by atoms with E-state index in [4.69, 9.17) is 11.6 Å². The van der Waals surface area contributed by atoms with Crippen LogP contribution in [0.1, 0.15) is 21.5 Å². The van der Waals surface area contributed by atoms with Gasteiger partial charge in [-0.25, -0.2) is 4.98 Å². The monoisotopic (exact) mass is 338 g/mol. The molecule has 1 aromatic heterocycles. The molecule has 1 aromatic carbocycles. The minimum Gasteiger partial charge on any atom is -0.307 e. The molecule has 0 bridgehead atoms. The van der Waals surface area contributed by atoms with Gasteiger partial charge in [0.1, 0.15) is 5.82 Å². The van der Waals surface area contributed by atoms with E-state index in [1.165, 1.54) is 0 Å². The zero-order valence-corrected chi connectivity index (χ0v) is 12.8. The van der Waals surface area contributed by atoms with Gasteiger partial charge >= 0.3 is 0 Å². The predicted molar refractivity (Wildman–Crippen MR) is 80.8 cm³/mol. The first kappa shape index (κ1) is 14.0. The van der Waals surface area contributed by atoms with Gasteiger partial charge in [0.2, 0.25) is 0 Å². The van der Waals surface area contributed by atoms with Crippen LogP contribution in [0.5, 0.6) is 0 Å². The van der Waals surface area contributed by atoms with Crippen molar-refractivity contribution in [3.63, 3.8) is 0 Å². The average Bonchev–Trinajstić information content (AvgIpc) is 2.37. The third-order valence-corrected chi connectivity index (χ3v) is 4.04. The number of benzene rings is 1. The van der Waals surface area contributed by atoms with Gasteiger partial charge in [-0.2, -0.15) is 0 Å². The summed E-state index contributed by atoms with van der Waals surface area (Å²) in [7, 11) is 0. The normalized spacial score (nSPS) is 10.3. The second-order valence-electron chi connectivity index (χ2n) is 4.19. The molecule has 98 valence electrons. The lowest BCUT2D eigenvalue weighted by molar-refractivity contribution is 0.102. The molecule has 1 amide bonds. The zero-order valence-electron chi connectivity index (χ0n) is 10.5. The van der Waals surface area contributed by atoms with E-state index in [0.717, 1.165) is 15.6 Å². The van der Waals surface area contributed by atoms with Crippen molar-refractivity contribution in [3.8, 4) is 0 Å². The molecule has 0 aliphatic rings. The van der Waals surface area contributed by atoms with E-state index in [1.54, 1.807) is 24.4 Å². The highest BCUT2D eigenvalue weighted by Crippen LogP contribution is 2.21. The number of aromatic nitrogens is 1. The number of carbonyl (C=O) groups is 1. The van der Waals surface area contributed by atoms with Crippen molar-refractivity contribution in [1.29, 1.82) is 0 Å². The molecule has 2 aromatic rings. The third-order valence-electron chi connectivity index (χ3n) is 2.80. The van der Waals surface area contributed by atoms with Crippen LogP contribution in [0.15, 0.2) is 34.9 Å². The summed E-state index contributed by atoms with van der Waals surface area (Å²) in [6.45, 7) is 3.75. The van der Waals surface area contributed by atoms with E-state index >= 15 is 0 Å². The summed E-state index contributed by atoms with van der Waals surface area (Å²) >= 11 is 9.37. The number of hydrogen-bond donors (Lipinski definition) is 1. The van der Waals surface area contributed by atoms with Gasteiger partial charge in [0, 0.05) is 21.3 Å². The minimum atomic E-state index is -0.214. The molecule has 5 heteroatoms. The summed E-state index contributed by atoms with van der Waals surface area (Å²) in [5.74, 6) is 0.305. The van der Waals surface area contributed by atoms with Gasteiger partial charge in [-0.15, -0.1) is 0 Å². The Bertz CT molecular complexity index is 643. The Morgan fingerprint density at radius 2 is 2.11 bits per heavy atom. The predicted octanol–water partition coefficient (Wildman–Crippen LogP) is 4.37. The van der Waals surface area contributed by atoms with Crippen molar-refractivity contribution < 1.29 is 4.79 Å². The summed E-state index contributed by atoms with van der Waals surface area (Å²) < 4.78 is 0.907. The number of nitrogens with one attached hydrogen (secondary N) is 1. The summed E-state index contributed by atoms with van der Waals surface area (Å²) in [6, 6.07) is 7.06. The highest BCUT2D eigenvalue weighted by atomic mass is 79.9. The first-order chi connectivity index (χ1) is 8.99. The number of nitrogens with zero attached hydrogens (tertiary/aromatic N) is 1. The highest BCUT2D eigenvalue weighted by Gasteiger charge is 2.12. The van der Waals surface area contributed by atoms with E-state index in [-0.39, 0.29) is 5.91 Å². The molecule has 0 radical (unpaired) electrons. The van der Waals surface area contributed by atoms with Crippen LogP contribution in [0.4, 0.5) is 5.82 Å². The fourth-order valence-corrected chi connectivity index (χ4v) is 2.04. The Morgan fingerprint density at radius 3 is 2.79 bits per heavy atom. The standard InChI is InChI=1S/C14H12BrClN2O/c1-8-6-13(17-7-11(8)15)18-14(19)10-4-3-5-12(16)9(10)2/h3-7H,1-2H3,(H,17,18,19). The molecule has 0 atom stereocenters. The van der Waals surface area contributed by atoms with Crippen molar-refractivity contribution >= 4 is 39.3 Å². The quantitative estimate of drug-likeness (QED) is 0.883. The summed E-state index contributed by atoms with van der Waals surface area (Å²) in [4.78, 5) is 16.3. The maximum atomic E-state index is 12.2. The Balaban J connectivity index is 2.26. The van der Waals surface area contributed by atoms with Crippen molar-refractivity contribution in [1.82, 2.24) is 4.98 Å². The molecule has 1 heterocycles. The molecule has 0 saturated carbocycles. The molecule has 0 spiro atoms. The van der Waals surface area contributed by atoms with Crippen molar-refractivity contribution in [2.24, 2.45) is 0 Å². The number of carbonyl (C=O) groups excluding carboxylic acids is 1. The van der Waals surface area contributed by atoms with Gasteiger partial charge in [0.05, 0.1) is 0 Å². The van der Waals surface area contributed by atoms with Crippen LogP contribution in [0.3, 0.4) is 0 Å². The number of aryl methyl sites for hydroxylation is 1. The Morgan fingerprint density at radius 1 is 1.37 bits per heavy atom. The van der Waals surface area contributed by atoms with Crippen molar-refractivity contribution in [2.75, 3.05) is 5.32 Å². The van der Waals surface area contributed by atoms with Gasteiger partial charge < -0.3 is 5.32 Å². The van der Waals surface area contributed by atoms with E-state index in [1.807, 2.05) is 19.9 Å². The van der Waals surface area contributed by atoms with E-state index < -0.39 is 0 Å². The van der Waals surface area contributed by atoms with Crippen LogP contribution >= 0.6 is 27.5 Å². The molecular formula is C14H12BrClN2O. The van der Waals surface area contributed by atoms with Crippen molar-refractivity contribution in [3.05, 3.63) is 56.6 Å². The number of halogens is 2. The molecule has 0 aliphatic heterocycles. The summed E-state index contributed by atoms with van der Waals surface area (Å²) in [5, 5.41) is 3.34. The first-order valence-electron chi connectivity index (χ1n) is 5.67. The van der Waals surface area contributed by atoms with Crippen LogP contribution in [-0.4, -0.2) is 10.9 Å². The number of hydrogen-bond acceptors (Lipinski definition) is 2. The largest absolute Gasteiger partial charge is 0.307 e. The Kier molecular flexibility index (Phi) is 4.22. The van der Waals surface area contributed by atoms with Crippen molar-refractivity contribution in [2.45, 2.75) is 13.8 Å². The summed E-state index contributed by atoms with van der Waals surface area (Å²) in [5.41, 5.74) is 2.32. The second kappa shape index (κ2) is 5.72. The molecular weight excluding hydrogens is 328 g/mol. The molecule has 19 heavy (non-hydrogen) atoms. The minimum absolute atomic E-state index is 0.214. The van der Waals surface area contributed by atoms with Gasteiger partial charge in [-0.05, 0) is 59.1 Å². The first-order valence-corrected chi connectivity index (χ1v) is 6.84. The SMILES string of the molecule is Cc1cc(NC(=O)c2cccc(Cl)c2C)ncc1Br. The van der Waals surface area contributed by atoms with Crippen LogP contribution < -0.4 is 5.32 Å². The van der Waals surface area contributed by atoms with Gasteiger partial charge in [0.25, 0.3) is 5.91 Å². The van der Waals surface area contributed by atoms with Gasteiger partial charge in [-0.1, -0.05) is 17.7 Å². The maximum absolute atomic E-state index is 12.2. The van der Waals surface area contributed by atoms with Gasteiger partial charge in [0.15, 0.2) is 0 Å². The topological polar surface area (TPSA) is 42.0 Å². The van der Waals surface area contributed by atoms with E-state index in [9.17, 15) is 4.79 Å². The highest BCUT2D eigenvalue weighted by molar-refractivity contribution is 9.10. The van der Waals surface area contributed by atoms with E-state index in [2.05, 4.69) is 26.2 Å². The van der Waals surface area contributed by atoms with Gasteiger partial charge in [-0.3, -0.25) is 4.79 Å². The molecule has 1 N–H and O–H groups in total. The number of pyridine rings is 1. The Hall–Kier alpha value is -1.39. The molecule has 0 saturated heterocycles. The molecule has 2 rings (SSSR count). The maximum Gasteiger partial charge on any atom is 0.257 e. The van der Waals surface area contributed by atoms with E-state index in [0.29, 0.717) is 16.4 Å². The van der Waals surface area contributed by atoms with Crippen LogP contribution in [0, 0.1) is 13.8 Å². The zero-order chi connectivity index (χ0) is 14.0. The average molecular weight is 340 g/mol. The fourth-order valence-electron chi connectivity index (χ4n) is 1.64. The lowest BCUT2D eigenvalue weighted by Gasteiger charge is -2.09. The third kappa shape index (κ3) is 3.14. The number of anilines is 1. The lowest BCUT2D eigenvalue weighted by Crippen LogP contribution is -2.14. The van der Waals surface area contributed by atoms with Crippen LogP contribution in [0.25, 0.3) is 0 Å². The van der Waals surface area contributed by atoms with Crippen LogP contribution in [-0.2, 0) is 0 Å². The Labute approximate surface area is 125 Å². The number of amides is 1. The lowest BCUT2D eigenvalue weighted by atomic mass is 10.1. The molecule has 3 nitrogen and oxygen atoms in total. The fraction of sp³-hybridized carbons (Fsp3) is 0.143. The molecule has 0 fully saturated rings.